The first-order valence-electron chi connectivity index (χ1n) is 19.0. The van der Waals surface area contributed by atoms with Gasteiger partial charge in [0.2, 0.25) is 0 Å². The van der Waals surface area contributed by atoms with Crippen LogP contribution in [0.1, 0.15) is 0 Å². The number of hydrogen-bond acceptors (Lipinski definition) is 2. The van der Waals surface area contributed by atoms with Gasteiger partial charge < -0.3 is 0 Å². The van der Waals surface area contributed by atoms with Crippen molar-refractivity contribution in [2.75, 3.05) is 9.80 Å². The van der Waals surface area contributed by atoms with Crippen molar-refractivity contribution in [1.29, 1.82) is 0 Å². The molecule has 0 saturated heterocycles. The van der Waals surface area contributed by atoms with E-state index in [1.54, 1.807) is 0 Å². The Kier molecular flexibility index (Phi) is 7.84. The Bertz CT molecular complexity index is 3160. The van der Waals surface area contributed by atoms with Gasteiger partial charge in [-0.05, 0) is 0 Å². The summed E-state index contributed by atoms with van der Waals surface area (Å²) < 4.78 is 5.31. The fraction of sp³-hybridized carbons (Fsp3) is 0. The second-order valence-corrected chi connectivity index (χ2v) is 16.4. The number of benzene rings is 9. The summed E-state index contributed by atoms with van der Waals surface area (Å²) in [7, 11) is 0. The average molecular weight is 781 g/mol. The maximum atomic E-state index is 2.44. The fourth-order valence-electron chi connectivity index (χ4n) is 8.40. The van der Waals surface area contributed by atoms with Crippen molar-refractivity contribution in [3.8, 4) is 5.69 Å². The third-order valence-corrected chi connectivity index (χ3v) is 13.5. The van der Waals surface area contributed by atoms with Gasteiger partial charge in [-0.3, -0.25) is 0 Å². The van der Waals surface area contributed by atoms with Gasteiger partial charge in [0.1, 0.15) is 0 Å². The van der Waals surface area contributed by atoms with E-state index in [2.05, 4.69) is 227 Å². The van der Waals surface area contributed by atoms with Crippen molar-refractivity contribution in [3.63, 3.8) is 0 Å². The van der Waals surface area contributed by atoms with Crippen LogP contribution >= 0.6 is 0 Å². The second-order valence-electron chi connectivity index (χ2n) is 14.2. The summed E-state index contributed by atoms with van der Waals surface area (Å²) in [4.78, 5) is 4.78. The Hall–Kier alpha value is -6.84. The minimum absolute atomic E-state index is 0.235. The molecule has 0 aliphatic carbocycles. The molecule has 0 spiro atoms. The fourth-order valence-corrected chi connectivity index (χ4v) is 11.0. The van der Waals surface area contributed by atoms with Crippen LogP contribution in [-0.4, -0.2) is 19.1 Å². The van der Waals surface area contributed by atoms with Gasteiger partial charge in [-0.2, -0.15) is 0 Å². The molecule has 9 aromatic carbocycles. The van der Waals surface area contributed by atoms with Gasteiger partial charge in [0.25, 0.3) is 0 Å². The van der Waals surface area contributed by atoms with Crippen LogP contribution in [0.15, 0.2) is 212 Å². The molecule has 264 valence electrons. The van der Waals surface area contributed by atoms with Crippen LogP contribution < -0.4 is 9.80 Å². The first-order valence-corrected chi connectivity index (χ1v) is 20.7. The van der Waals surface area contributed by atoms with Gasteiger partial charge in [-0.15, -0.1) is 0 Å². The molecular weight excluding hydrogens is 746 g/mol. The monoisotopic (exact) mass is 781 g/mol. The molecule has 0 aliphatic rings. The first kappa shape index (κ1) is 32.6. The molecule has 0 aliphatic heterocycles. The molecule has 56 heavy (non-hydrogen) atoms. The third kappa shape index (κ3) is 5.42. The molecule has 2 heterocycles. The van der Waals surface area contributed by atoms with Crippen molar-refractivity contribution in [2.24, 2.45) is 0 Å². The van der Waals surface area contributed by atoms with Gasteiger partial charge in [0.05, 0.1) is 0 Å². The molecule has 0 N–H and O–H groups in total. The van der Waals surface area contributed by atoms with Crippen LogP contribution in [-0.2, 0) is 0 Å². The third-order valence-electron chi connectivity index (χ3n) is 10.9. The van der Waals surface area contributed by atoms with E-state index in [1.165, 1.54) is 51.9 Å². The maximum absolute atomic E-state index is 2.44. The number of anilines is 6. The normalized spacial score (nSPS) is 11.6. The van der Waals surface area contributed by atoms with E-state index >= 15 is 0 Å². The minimum atomic E-state index is 0.235. The zero-order valence-electron chi connectivity index (χ0n) is 30.5. The summed E-state index contributed by atoms with van der Waals surface area (Å²) in [6.45, 7) is 0. The van der Waals surface area contributed by atoms with E-state index in [9.17, 15) is 0 Å². The molecule has 4 heteroatoms. The van der Waals surface area contributed by atoms with Crippen molar-refractivity contribution in [3.05, 3.63) is 212 Å². The predicted molar refractivity (Wildman–Crippen MR) is 240 cm³/mol. The van der Waals surface area contributed by atoms with E-state index < -0.39 is 0 Å². The molecule has 3 nitrogen and oxygen atoms in total. The predicted octanol–water partition coefficient (Wildman–Crippen LogP) is 14.2. The van der Waals surface area contributed by atoms with Crippen LogP contribution in [0.3, 0.4) is 0 Å². The van der Waals surface area contributed by atoms with Gasteiger partial charge in [0, 0.05) is 0 Å². The zero-order chi connectivity index (χ0) is 37.0. The summed E-state index contributed by atoms with van der Waals surface area (Å²) in [5, 5.41) is 7.81. The number of hydrogen-bond donors (Lipinski definition) is 0. The van der Waals surface area contributed by atoms with E-state index in [1.807, 2.05) is 0 Å². The number of para-hydroxylation sites is 4. The Morgan fingerprint density at radius 3 is 1.57 bits per heavy atom. The van der Waals surface area contributed by atoms with Crippen molar-refractivity contribution in [1.82, 2.24) is 4.57 Å². The Morgan fingerprint density at radius 1 is 0.321 bits per heavy atom. The van der Waals surface area contributed by atoms with Crippen LogP contribution in [0.5, 0.6) is 0 Å². The second kappa shape index (κ2) is 13.5. The van der Waals surface area contributed by atoms with Crippen molar-refractivity contribution >= 4 is 100 Å². The summed E-state index contributed by atoms with van der Waals surface area (Å²) in [5.74, 6) is 0. The zero-order valence-corrected chi connectivity index (χ0v) is 32.2. The van der Waals surface area contributed by atoms with E-state index in [4.69, 9.17) is 0 Å². The van der Waals surface area contributed by atoms with Crippen LogP contribution in [0, 0.1) is 0 Å². The first-order chi connectivity index (χ1) is 27.8. The SMILES string of the molecule is c1ccc(N(c2ccccc2)c2cccc(N(c3ccc4ccc5c6ccccc6[se]c5c4c3)c3ccc4c(c3)c3ccccc3n4-c3ccccc3)c2)cc1. The molecule has 0 unspecified atom stereocenters. The summed E-state index contributed by atoms with van der Waals surface area (Å²) >= 11 is 0.235. The molecule has 0 amide bonds. The average Bonchev–Trinajstić information content (AvgIpc) is 3.81. The standard InChI is InChI=1S/C52H35N3Se/c1-4-15-37(16-5-1)53(38-17-6-2-7-18-38)40-21-14-22-41(33-40)54(42-29-27-36-28-31-46-45-24-11-13-26-51(45)56-52(46)47(36)34-42)43-30-32-50-48(35-43)44-23-10-12-25-49(44)55(50)39-19-8-3-9-20-39/h1-35H. The Labute approximate surface area is 331 Å². The number of nitrogens with zero attached hydrogens (tertiary/aromatic N) is 3. The molecule has 0 atom stereocenters. The number of aromatic nitrogens is 1. The summed E-state index contributed by atoms with van der Waals surface area (Å²) in [6, 6.07) is 77.3. The number of fused-ring (bicyclic) bond motifs is 8. The van der Waals surface area contributed by atoms with Crippen LogP contribution in [0.25, 0.3) is 57.6 Å². The molecule has 2 aromatic heterocycles. The molecule has 11 aromatic rings. The van der Waals surface area contributed by atoms with E-state index in [-0.39, 0.29) is 14.5 Å². The molecule has 0 saturated carbocycles. The van der Waals surface area contributed by atoms with Crippen molar-refractivity contribution in [2.45, 2.75) is 0 Å². The van der Waals surface area contributed by atoms with Gasteiger partial charge in [0.15, 0.2) is 0 Å². The van der Waals surface area contributed by atoms with Crippen LogP contribution in [0.2, 0.25) is 0 Å². The van der Waals surface area contributed by atoms with Gasteiger partial charge in [-0.25, -0.2) is 0 Å². The Morgan fingerprint density at radius 2 is 0.839 bits per heavy atom. The molecular formula is C52H35N3Se. The molecule has 0 bridgehead atoms. The number of rotatable bonds is 7. The quantitative estimate of drug-likeness (QED) is 0.149. The molecule has 11 rings (SSSR count). The summed E-state index contributed by atoms with van der Waals surface area (Å²) in [5.41, 5.74) is 10.2. The van der Waals surface area contributed by atoms with E-state index in [0.29, 0.717) is 0 Å². The van der Waals surface area contributed by atoms with Crippen molar-refractivity contribution < 1.29 is 0 Å². The van der Waals surface area contributed by atoms with Crippen LogP contribution in [0.4, 0.5) is 34.1 Å². The Balaban J connectivity index is 1.16. The summed E-state index contributed by atoms with van der Waals surface area (Å²) in [6.07, 6.45) is 0. The van der Waals surface area contributed by atoms with Gasteiger partial charge in [-0.1, -0.05) is 30.3 Å². The molecule has 0 radical (unpaired) electrons. The van der Waals surface area contributed by atoms with Gasteiger partial charge >= 0.3 is 303 Å². The topological polar surface area (TPSA) is 11.4 Å². The van der Waals surface area contributed by atoms with E-state index in [0.717, 1.165) is 39.8 Å². The molecule has 0 fully saturated rings.